The summed E-state index contributed by atoms with van der Waals surface area (Å²) in [4.78, 5) is 9.85. The molecule has 0 saturated carbocycles. The fourth-order valence-electron chi connectivity index (χ4n) is 9.55. The van der Waals surface area contributed by atoms with Gasteiger partial charge in [0.15, 0.2) is 5.82 Å². The average molecular weight is 866 g/mol. The van der Waals surface area contributed by atoms with Gasteiger partial charge in [0, 0.05) is 49.6 Å². The molecule has 0 aliphatic carbocycles. The van der Waals surface area contributed by atoms with Gasteiger partial charge in [0.1, 0.15) is 0 Å². The van der Waals surface area contributed by atoms with Gasteiger partial charge in [-0.25, -0.2) is 9.97 Å². The monoisotopic (exact) mass is 865 g/mol. The Balaban J connectivity index is 0.856. The topological polar surface area (TPSA) is 107 Å². The molecule has 0 N–H and O–H groups in total. The molecule has 12 aromatic rings. The summed E-state index contributed by atoms with van der Waals surface area (Å²) in [5, 5.41) is 34.1. The highest BCUT2D eigenvalue weighted by atomic mass is 15.0. The molecule has 9 aromatic carbocycles. The Morgan fingerprint density at radius 3 is 1.25 bits per heavy atom. The van der Waals surface area contributed by atoms with Crippen LogP contribution in [0.4, 0.5) is 0 Å². The lowest BCUT2D eigenvalue weighted by molar-refractivity contribution is 1.16. The molecule has 0 saturated heterocycles. The smallest absolute Gasteiger partial charge is 0.160 e. The molecule has 0 spiro atoms. The number of rotatable bonds is 7. The maximum absolute atomic E-state index is 10.6. The van der Waals surface area contributed by atoms with Crippen LogP contribution in [0.2, 0.25) is 0 Å². The molecule has 0 atom stereocenters. The summed E-state index contributed by atoms with van der Waals surface area (Å²) in [6.07, 6.45) is 0. The Bertz CT molecular complexity index is 3950. The van der Waals surface area contributed by atoms with Gasteiger partial charge in [0.25, 0.3) is 0 Å². The zero-order valence-electron chi connectivity index (χ0n) is 36.3. The Hall–Kier alpha value is -9.87. The third kappa shape index (κ3) is 6.74. The van der Waals surface area contributed by atoms with E-state index in [1.54, 1.807) is 24.3 Å². The van der Waals surface area contributed by atoms with E-state index in [1.807, 2.05) is 36.4 Å². The predicted octanol–water partition coefficient (Wildman–Crippen LogP) is 14.6. The van der Waals surface area contributed by atoms with Crippen molar-refractivity contribution in [1.29, 1.82) is 15.8 Å². The van der Waals surface area contributed by atoms with Crippen LogP contribution >= 0.6 is 0 Å². The maximum Gasteiger partial charge on any atom is 0.160 e. The minimum Gasteiger partial charge on any atom is -0.309 e. The zero-order valence-corrected chi connectivity index (χ0v) is 36.3. The van der Waals surface area contributed by atoms with E-state index in [2.05, 4.69) is 179 Å². The van der Waals surface area contributed by atoms with Crippen molar-refractivity contribution in [2.45, 2.75) is 0 Å². The molecule has 0 amide bonds. The van der Waals surface area contributed by atoms with E-state index in [0.29, 0.717) is 22.5 Å². The first-order chi connectivity index (χ1) is 33.5. The summed E-state index contributed by atoms with van der Waals surface area (Å²) in [6, 6.07) is 78.6. The van der Waals surface area contributed by atoms with Gasteiger partial charge >= 0.3 is 0 Å². The lowest BCUT2D eigenvalue weighted by atomic mass is 9.96. The molecule has 0 aliphatic heterocycles. The zero-order chi connectivity index (χ0) is 45.7. The van der Waals surface area contributed by atoms with E-state index in [1.165, 1.54) is 21.8 Å². The lowest BCUT2D eigenvalue weighted by Gasteiger charge is -2.13. The molecule has 0 radical (unpaired) electrons. The van der Waals surface area contributed by atoms with Crippen molar-refractivity contribution < 1.29 is 0 Å². The van der Waals surface area contributed by atoms with Crippen LogP contribution in [-0.2, 0) is 0 Å². The molecule has 3 heterocycles. The second kappa shape index (κ2) is 16.3. The highest BCUT2D eigenvalue weighted by molar-refractivity contribution is 6.12. The van der Waals surface area contributed by atoms with Crippen molar-refractivity contribution in [3.8, 4) is 85.7 Å². The van der Waals surface area contributed by atoms with E-state index < -0.39 is 0 Å². The first-order valence-corrected chi connectivity index (χ1v) is 22.2. The SMILES string of the molecule is N#Cc1ccc(-c2cc(-c3ccc(-c4ccc(-c5ccc(-n6c7ccccc7c7cc(-n8c9ccccc9c9ccccc98)ccc76)cc5C#N)cc4)cc3)nc(-c3ccc(C#N)cc3)n2)cc1. The van der Waals surface area contributed by atoms with Gasteiger partial charge in [-0.05, 0) is 113 Å². The van der Waals surface area contributed by atoms with E-state index >= 15 is 0 Å². The fourth-order valence-corrected chi connectivity index (χ4v) is 9.55. The largest absolute Gasteiger partial charge is 0.309 e. The first-order valence-electron chi connectivity index (χ1n) is 22.2. The number of hydrogen-bond donors (Lipinski definition) is 0. The standard InChI is InChI=1S/C61H35N7/c62-36-39-13-17-44(18-14-39)55-35-56(66-61(65-55)46-19-15-40(37-63)16-20-46)45-27-23-42(24-28-45)41-21-25-43(26-22-41)50-31-29-48(33-47(50)38-64)67-59-12-6-3-9-53(59)54-34-49(30-32-60(54)67)68-57-10-4-1-7-51(57)52-8-2-5-11-58(52)68/h1-35H. The lowest BCUT2D eigenvalue weighted by Crippen LogP contribution is -1.97. The summed E-state index contributed by atoms with van der Waals surface area (Å²) in [7, 11) is 0. The molecule has 314 valence electrons. The van der Waals surface area contributed by atoms with Gasteiger partial charge in [-0.15, -0.1) is 0 Å². The van der Waals surface area contributed by atoms with Gasteiger partial charge < -0.3 is 9.13 Å². The van der Waals surface area contributed by atoms with E-state index in [4.69, 9.17) is 9.97 Å². The van der Waals surface area contributed by atoms with Crippen LogP contribution in [0.3, 0.4) is 0 Å². The van der Waals surface area contributed by atoms with Crippen molar-refractivity contribution in [3.63, 3.8) is 0 Å². The van der Waals surface area contributed by atoms with Crippen molar-refractivity contribution in [2.75, 3.05) is 0 Å². The van der Waals surface area contributed by atoms with Crippen molar-refractivity contribution in [1.82, 2.24) is 19.1 Å². The van der Waals surface area contributed by atoms with Crippen LogP contribution < -0.4 is 0 Å². The minimum atomic E-state index is 0.538. The molecular formula is C61H35N7. The summed E-state index contributed by atoms with van der Waals surface area (Å²) < 4.78 is 4.62. The summed E-state index contributed by atoms with van der Waals surface area (Å²) in [5.74, 6) is 0.538. The number of aromatic nitrogens is 4. The minimum absolute atomic E-state index is 0.538. The predicted molar refractivity (Wildman–Crippen MR) is 272 cm³/mol. The van der Waals surface area contributed by atoms with Gasteiger partial charge in [-0.3, -0.25) is 0 Å². The summed E-state index contributed by atoms with van der Waals surface area (Å²) in [5.41, 5.74) is 16.2. The third-order valence-corrected chi connectivity index (χ3v) is 12.9. The first kappa shape index (κ1) is 39.7. The number of benzene rings is 9. The van der Waals surface area contributed by atoms with E-state index in [9.17, 15) is 15.8 Å². The van der Waals surface area contributed by atoms with Crippen LogP contribution in [0, 0.1) is 34.0 Å². The van der Waals surface area contributed by atoms with Gasteiger partial charge in [-0.2, -0.15) is 15.8 Å². The van der Waals surface area contributed by atoms with Crippen LogP contribution in [0.5, 0.6) is 0 Å². The van der Waals surface area contributed by atoms with E-state index in [-0.39, 0.29) is 0 Å². The highest BCUT2D eigenvalue weighted by Gasteiger charge is 2.18. The Morgan fingerprint density at radius 2 is 0.735 bits per heavy atom. The Kier molecular flexibility index (Phi) is 9.51. The molecule has 7 heteroatoms. The second-order valence-corrected chi connectivity index (χ2v) is 16.8. The Labute approximate surface area is 391 Å². The van der Waals surface area contributed by atoms with E-state index in [0.717, 1.165) is 83.5 Å². The highest BCUT2D eigenvalue weighted by Crippen LogP contribution is 2.38. The second-order valence-electron chi connectivity index (χ2n) is 16.8. The molecule has 3 aromatic heterocycles. The average Bonchev–Trinajstić information content (AvgIpc) is 3.93. The van der Waals surface area contributed by atoms with Crippen LogP contribution in [0.1, 0.15) is 16.7 Å². The number of nitrogens with zero attached hydrogens (tertiary/aromatic N) is 7. The Morgan fingerprint density at radius 1 is 0.324 bits per heavy atom. The van der Waals surface area contributed by atoms with Gasteiger partial charge in [-0.1, -0.05) is 121 Å². The molecule has 0 unspecified atom stereocenters. The summed E-state index contributed by atoms with van der Waals surface area (Å²) in [6.45, 7) is 0. The number of para-hydroxylation sites is 3. The molecule has 7 nitrogen and oxygen atoms in total. The quantitative estimate of drug-likeness (QED) is 0.159. The molecular weight excluding hydrogens is 831 g/mol. The normalized spacial score (nSPS) is 11.2. The van der Waals surface area contributed by atoms with Gasteiger partial charge in [0.2, 0.25) is 0 Å². The maximum atomic E-state index is 10.6. The van der Waals surface area contributed by atoms with Crippen molar-refractivity contribution in [2.24, 2.45) is 0 Å². The van der Waals surface area contributed by atoms with Crippen molar-refractivity contribution in [3.05, 3.63) is 229 Å². The molecule has 12 rings (SSSR count). The van der Waals surface area contributed by atoms with Crippen molar-refractivity contribution >= 4 is 43.6 Å². The van der Waals surface area contributed by atoms with Crippen LogP contribution in [0.25, 0.3) is 111 Å². The molecule has 0 fully saturated rings. The third-order valence-electron chi connectivity index (χ3n) is 12.9. The molecule has 0 aliphatic rings. The van der Waals surface area contributed by atoms with Crippen LogP contribution in [0.15, 0.2) is 212 Å². The number of fused-ring (bicyclic) bond motifs is 6. The molecule has 68 heavy (non-hydrogen) atoms. The number of nitriles is 3. The van der Waals surface area contributed by atoms with Crippen LogP contribution in [-0.4, -0.2) is 19.1 Å². The fraction of sp³-hybridized carbons (Fsp3) is 0. The molecule has 0 bridgehead atoms. The number of hydrogen-bond acceptors (Lipinski definition) is 5. The summed E-state index contributed by atoms with van der Waals surface area (Å²) >= 11 is 0. The van der Waals surface area contributed by atoms with Gasteiger partial charge in [0.05, 0.1) is 68.4 Å².